The highest BCUT2D eigenvalue weighted by atomic mass is 16.2. The van der Waals surface area contributed by atoms with Crippen molar-refractivity contribution in [1.82, 2.24) is 19.7 Å². The van der Waals surface area contributed by atoms with Crippen molar-refractivity contribution in [3.8, 4) is 0 Å². The van der Waals surface area contributed by atoms with Gasteiger partial charge in [0.25, 0.3) is 5.91 Å². The largest absolute Gasteiger partial charge is 0.357 e. The van der Waals surface area contributed by atoms with Gasteiger partial charge in [-0.1, -0.05) is 25.6 Å². The summed E-state index contributed by atoms with van der Waals surface area (Å²) in [6.07, 6.45) is 7.12. The number of hydrogen-bond acceptors (Lipinski definition) is 3. The second-order valence-corrected chi connectivity index (χ2v) is 7.80. The molecule has 1 aliphatic carbocycles. The van der Waals surface area contributed by atoms with Gasteiger partial charge in [-0.2, -0.15) is 0 Å². The van der Waals surface area contributed by atoms with Crippen molar-refractivity contribution in [3.63, 3.8) is 0 Å². The summed E-state index contributed by atoms with van der Waals surface area (Å²) >= 11 is 0. The average Bonchev–Trinajstić information content (AvgIpc) is 3.28. The van der Waals surface area contributed by atoms with Gasteiger partial charge >= 0.3 is 0 Å². The molecule has 2 aromatic heterocycles. The number of aromatic amines is 1. The van der Waals surface area contributed by atoms with Crippen LogP contribution in [-0.2, 0) is 12.5 Å². The summed E-state index contributed by atoms with van der Waals surface area (Å²) < 4.78 is 2.00. The highest BCUT2D eigenvalue weighted by Crippen LogP contribution is 2.51. The lowest BCUT2D eigenvalue weighted by Gasteiger charge is -2.46. The first-order valence-corrected chi connectivity index (χ1v) is 9.51. The second-order valence-electron chi connectivity index (χ2n) is 7.80. The van der Waals surface area contributed by atoms with Crippen molar-refractivity contribution in [2.24, 2.45) is 13.0 Å². The average molecular weight is 375 g/mol. The number of hydrogen-bond donors (Lipinski definition) is 1. The number of aromatic nitrogens is 4. The number of nitrogens with zero attached hydrogens (tertiary/aromatic N) is 4. The number of benzene rings is 1. The first-order chi connectivity index (χ1) is 13.5. The minimum absolute atomic E-state index is 0.121. The molecule has 6 nitrogen and oxygen atoms in total. The topological polar surface area (TPSA) is 66.8 Å². The van der Waals surface area contributed by atoms with Gasteiger partial charge in [-0.15, -0.1) is 10.2 Å². The Hall–Kier alpha value is -3.15. The van der Waals surface area contributed by atoms with Gasteiger partial charge in [-0.05, 0) is 55.0 Å². The molecular weight excluding hydrogens is 350 g/mol. The Kier molecular flexibility index (Phi) is 4.41. The lowest BCUT2D eigenvalue weighted by molar-refractivity contribution is 0.0993. The molecule has 1 fully saturated rings. The zero-order valence-electron chi connectivity index (χ0n) is 16.5. The van der Waals surface area contributed by atoms with Crippen LogP contribution in [0.1, 0.15) is 47.2 Å². The number of carbonyl (C=O) groups is 1. The van der Waals surface area contributed by atoms with E-state index >= 15 is 0 Å². The van der Waals surface area contributed by atoms with Gasteiger partial charge in [0.1, 0.15) is 17.8 Å². The molecule has 144 valence electrons. The van der Waals surface area contributed by atoms with Crippen LogP contribution in [0.25, 0.3) is 0 Å². The van der Waals surface area contributed by atoms with Gasteiger partial charge in [0.2, 0.25) is 0 Å². The number of nitrogens with one attached hydrogen (secondary N) is 1. The van der Waals surface area contributed by atoms with Crippen LogP contribution in [0, 0.1) is 12.8 Å². The molecule has 0 atom stereocenters. The summed E-state index contributed by atoms with van der Waals surface area (Å²) in [6.45, 7) is 8.04. The summed E-state index contributed by atoms with van der Waals surface area (Å²) in [7, 11) is 1.98. The molecule has 1 amide bonds. The Morgan fingerprint density at radius 1 is 1.39 bits per heavy atom. The van der Waals surface area contributed by atoms with E-state index in [-0.39, 0.29) is 11.3 Å². The molecule has 0 saturated heterocycles. The molecule has 2 heterocycles. The molecule has 1 aromatic carbocycles. The predicted molar refractivity (Wildman–Crippen MR) is 109 cm³/mol. The van der Waals surface area contributed by atoms with E-state index in [9.17, 15) is 4.79 Å². The van der Waals surface area contributed by atoms with Crippen molar-refractivity contribution in [3.05, 3.63) is 78.3 Å². The van der Waals surface area contributed by atoms with Gasteiger partial charge in [-0.3, -0.25) is 9.69 Å². The van der Waals surface area contributed by atoms with E-state index in [2.05, 4.69) is 40.8 Å². The molecule has 0 bridgehead atoms. The second kappa shape index (κ2) is 6.78. The van der Waals surface area contributed by atoms with Gasteiger partial charge in [0, 0.05) is 25.1 Å². The minimum atomic E-state index is -0.168. The van der Waals surface area contributed by atoms with Gasteiger partial charge in [0.15, 0.2) is 0 Å². The van der Waals surface area contributed by atoms with Crippen LogP contribution < -0.4 is 4.90 Å². The SMILES string of the molecule is C=CN(C(=O)c1[nH]ccc1C)c1cccc(C2(c3nncn3C)CC(C)C2)c1. The molecular formula is C22H25N5O. The molecule has 28 heavy (non-hydrogen) atoms. The molecule has 3 aromatic rings. The van der Waals surface area contributed by atoms with Crippen LogP contribution in [0.15, 0.2) is 55.6 Å². The van der Waals surface area contributed by atoms with Crippen LogP contribution in [-0.4, -0.2) is 25.7 Å². The monoisotopic (exact) mass is 375 g/mol. The van der Waals surface area contributed by atoms with Crippen molar-refractivity contribution in [2.45, 2.75) is 32.1 Å². The van der Waals surface area contributed by atoms with E-state index in [1.54, 1.807) is 23.6 Å². The zero-order valence-corrected chi connectivity index (χ0v) is 16.5. The molecule has 0 spiro atoms. The van der Waals surface area contributed by atoms with E-state index in [1.165, 1.54) is 0 Å². The summed E-state index contributed by atoms with van der Waals surface area (Å²) in [5, 5.41) is 8.50. The first kappa shape index (κ1) is 18.2. The standard InChI is InChI=1S/C22H25N5O/c1-5-27(20(28)19-16(3)9-10-23-19)18-8-6-7-17(11-18)22(12-15(2)13-22)21-25-24-14-26(21)4/h5-11,14-15,23H,1,12-13H2,2-4H3. The smallest absolute Gasteiger partial charge is 0.278 e. The zero-order chi connectivity index (χ0) is 19.9. The Bertz CT molecular complexity index is 1020. The van der Waals surface area contributed by atoms with Crippen LogP contribution in [0.5, 0.6) is 0 Å². The number of anilines is 1. The molecule has 6 heteroatoms. The third-order valence-electron chi connectivity index (χ3n) is 5.78. The van der Waals surface area contributed by atoms with Crippen molar-refractivity contribution < 1.29 is 4.79 Å². The highest BCUT2D eigenvalue weighted by Gasteiger charge is 2.48. The Labute approximate surface area is 164 Å². The van der Waals surface area contributed by atoms with Gasteiger partial charge < -0.3 is 9.55 Å². The summed E-state index contributed by atoms with van der Waals surface area (Å²) in [5.74, 6) is 1.47. The normalized spacial score (nSPS) is 21.2. The van der Waals surface area contributed by atoms with E-state index in [1.807, 2.05) is 36.7 Å². The van der Waals surface area contributed by atoms with Crippen LogP contribution in [0.4, 0.5) is 5.69 Å². The van der Waals surface area contributed by atoms with Crippen LogP contribution >= 0.6 is 0 Å². The molecule has 4 rings (SSSR count). The van der Waals surface area contributed by atoms with Crippen molar-refractivity contribution in [2.75, 3.05) is 4.90 Å². The minimum Gasteiger partial charge on any atom is -0.357 e. The Morgan fingerprint density at radius 2 is 2.18 bits per heavy atom. The van der Waals surface area contributed by atoms with Gasteiger partial charge in [0.05, 0.1) is 5.41 Å². The summed E-state index contributed by atoms with van der Waals surface area (Å²) in [6, 6.07) is 10.0. The van der Waals surface area contributed by atoms with Gasteiger partial charge in [-0.25, -0.2) is 0 Å². The maximum atomic E-state index is 13.0. The van der Waals surface area contributed by atoms with Crippen molar-refractivity contribution in [1.29, 1.82) is 0 Å². The molecule has 0 unspecified atom stereocenters. The molecule has 0 aliphatic heterocycles. The summed E-state index contributed by atoms with van der Waals surface area (Å²) in [4.78, 5) is 17.7. The van der Waals surface area contributed by atoms with Crippen LogP contribution in [0.3, 0.4) is 0 Å². The quantitative estimate of drug-likeness (QED) is 0.734. The number of aryl methyl sites for hydroxylation is 2. The molecule has 1 N–H and O–H groups in total. The fourth-order valence-corrected chi connectivity index (χ4v) is 4.45. The molecule has 1 saturated carbocycles. The third-order valence-corrected chi connectivity index (χ3v) is 5.78. The first-order valence-electron chi connectivity index (χ1n) is 9.51. The highest BCUT2D eigenvalue weighted by molar-refractivity contribution is 6.07. The van der Waals surface area contributed by atoms with Crippen molar-refractivity contribution >= 4 is 11.6 Å². The van der Waals surface area contributed by atoms with E-state index in [4.69, 9.17) is 0 Å². The van der Waals surface area contributed by atoms with E-state index in [0.717, 1.165) is 35.5 Å². The fraction of sp³-hybridized carbons (Fsp3) is 0.318. The predicted octanol–water partition coefficient (Wildman–Crippen LogP) is 3.96. The number of rotatable bonds is 5. The maximum Gasteiger partial charge on any atom is 0.278 e. The molecule has 0 radical (unpaired) electrons. The Balaban J connectivity index is 1.75. The lowest BCUT2D eigenvalue weighted by Crippen LogP contribution is -2.43. The number of carbonyl (C=O) groups excluding carboxylic acids is 1. The van der Waals surface area contributed by atoms with Crippen LogP contribution in [0.2, 0.25) is 0 Å². The van der Waals surface area contributed by atoms with E-state index < -0.39 is 0 Å². The maximum absolute atomic E-state index is 13.0. The fourth-order valence-electron chi connectivity index (χ4n) is 4.45. The number of H-pyrrole nitrogens is 1. The molecule has 1 aliphatic rings. The van der Waals surface area contributed by atoms with E-state index in [0.29, 0.717) is 11.6 Å². The third kappa shape index (κ3) is 2.76. The summed E-state index contributed by atoms with van der Waals surface area (Å²) in [5.41, 5.74) is 3.27. The lowest BCUT2D eigenvalue weighted by atomic mass is 9.58. The Morgan fingerprint density at radius 3 is 2.75 bits per heavy atom. The number of amides is 1.